The van der Waals surface area contributed by atoms with Crippen LogP contribution in [0.4, 0.5) is 4.39 Å². The number of carbonyl (C=O) groups is 2. The van der Waals surface area contributed by atoms with Crippen molar-refractivity contribution in [2.24, 2.45) is 5.92 Å². The predicted octanol–water partition coefficient (Wildman–Crippen LogP) is 1.84. The molecule has 0 spiro atoms. The fourth-order valence-corrected chi connectivity index (χ4v) is 2.78. The van der Waals surface area contributed by atoms with E-state index in [1.807, 2.05) is 11.0 Å². The van der Waals surface area contributed by atoms with Crippen molar-refractivity contribution < 1.29 is 14.0 Å². The molecule has 0 radical (unpaired) electrons. The lowest BCUT2D eigenvalue weighted by Gasteiger charge is -2.29. The molecule has 3 rings (SSSR count). The van der Waals surface area contributed by atoms with Crippen LogP contribution in [0, 0.1) is 11.7 Å². The molecule has 1 saturated heterocycles. The van der Waals surface area contributed by atoms with E-state index < -0.39 is 0 Å². The van der Waals surface area contributed by atoms with Crippen LogP contribution >= 0.6 is 0 Å². The van der Waals surface area contributed by atoms with E-state index >= 15 is 0 Å². The first-order chi connectivity index (χ1) is 10.1. The van der Waals surface area contributed by atoms with Gasteiger partial charge in [-0.25, -0.2) is 4.39 Å². The lowest BCUT2D eigenvalue weighted by atomic mass is 9.97. The number of carbonyl (C=O) groups excluding carboxylic acids is 2. The van der Waals surface area contributed by atoms with Gasteiger partial charge < -0.3 is 10.2 Å². The van der Waals surface area contributed by atoms with Crippen LogP contribution in [0.5, 0.6) is 0 Å². The third-order valence-electron chi connectivity index (χ3n) is 4.13. The van der Waals surface area contributed by atoms with Crippen LogP contribution in [-0.2, 0) is 16.1 Å². The molecule has 5 heteroatoms. The van der Waals surface area contributed by atoms with Crippen LogP contribution in [-0.4, -0.2) is 29.3 Å². The van der Waals surface area contributed by atoms with Crippen molar-refractivity contribution in [2.75, 3.05) is 6.54 Å². The van der Waals surface area contributed by atoms with Crippen LogP contribution in [0.3, 0.4) is 0 Å². The molecule has 1 saturated carbocycles. The van der Waals surface area contributed by atoms with Gasteiger partial charge in [-0.05, 0) is 37.0 Å². The van der Waals surface area contributed by atoms with Crippen molar-refractivity contribution in [3.8, 4) is 0 Å². The molecule has 1 aromatic carbocycles. The first kappa shape index (κ1) is 14.0. The number of hydrogen-bond donors (Lipinski definition) is 1. The van der Waals surface area contributed by atoms with Gasteiger partial charge in [0.05, 0.1) is 5.92 Å². The molecule has 1 aliphatic heterocycles. The van der Waals surface area contributed by atoms with Gasteiger partial charge in [-0.15, -0.1) is 0 Å². The van der Waals surface area contributed by atoms with Crippen molar-refractivity contribution in [2.45, 2.75) is 38.3 Å². The number of nitrogens with one attached hydrogen (secondary N) is 1. The maximum Gasteiger partial charge on any atom is 0.228 e. The Balaban J connectivity index is 1.69. The van der Waals surface area contributed by atoms with Gasteiger partial charge in [-0.1, -0.05) is 12.1 Å². The third kappa shape index (κ3) is 3.40. The number of amides is 2. The number of rotatable bonds is 4. The molecule has 112 valence electrons. The highest BCUT2D eigenvalue weighted by Crippen LogP contribution is 2.30. The van der Waals surface area contributed by atoms with Crippen molar-refractivity contribution in [3.63, 3.8) is 0 Å². The summed E-state index contributed by atoms with van der Waals surface area (Å²) < 4.78 is 13.3. The van der Waals surface area contributed by atoms with E-state index in [0.717, 1.165) is 18.4 Å². The Morgan fingerprint density at radius 1 is 1.33 bits per heavy atom. The number of piperidine rings is 1. The Morgan fingerprint density at radius 3 is 2.76 bits per heavy atom. The maximum absolute atomic E-state index is 13.3. The van der Waals surface area contributed by atoms with E-state index in [9.17, 15) is 14.0 Å². The molecule has 4 nitrogen and oxygen atoms in total. The summed E-state index contributed by atoms with van der Waals surface area (Å²) in [6.45, 7) is 0.871. The molecule has 21 heavy (non-hydrogen) atoms. The molecular formula is C16H19FN2O2. The van der Waals surface area contributed by atoms with Crippen molar-refractivity contribution in [1.82, 2.24) is 10.2 Å². The van der Waals surface area contributed by atoms with Gasteiger partial charge in [0.15, 0.2) is 0 Å². The lowest BCUT2D eigenvalue weighted by Crippen LogP contribution is -2.45. The standard InChI is InChI=1S/C16H19FN2O2/c17-13-3-1-2-11(8-13)10-19(14-5-6-14)16(21)12-4-7-15(20)18-9-12/h1-3,8,12,14H,4-7,9-10H2,(H,18,20). The largest absolute Gasteiger partial charge is 0.355 e. The van der Waals surface area contributed by atoms with E-state index in [1.165, 1.54) is 12.1 Å². The number of halogens is 1. The summed E-state index contributed by atoms with van der Waals surface area (Å²) in [5.74, 6) is -0.318. The Hall–Kier alpha value is -1.91. The topological polar surface area (TPSA) is 49.4 Å². The van der Waals surface area contributed by atoms with E-state index in [-0.39, 0.29) is 29.6 Å². The molecule has 2 fully saturated rings. The summed E-state index contributed by atoms with van der Waals surface area (Å²) in [6.07, 6.45) is 3.05. The molecule has 1 heterocycles. The quantitative estimate of drug-likeness (QED) is 0.920. The average molecular weight is 290 g/mol. The minimum absolute atomic E-state index is 0.0159. The van der Waals surface area contributed by atoms with Gasteiger partial charge in [0, 0.05) is 25.6 Å². The Morgan fingerprint density at radius 2 is 2.14 bits per heavy atom. The van der Waals surface area contributed by atoms with E-state index in [0.29, 0.717) is 25.9 Å². The van der Waals surface area contributed by atoms with E-state index in [1.54, 1.807) is 6.07 Å². The van der Waals surface area contributed by atoms with Gasteiger partial charge >= 0.3 is 0 Å². The summed E-state index contributed by atoms with van der Waals surface area (Å²) in [5.41, 5.74) is 0.815. The van der Waals surface area contributed by atoms with Gasteiger partial charge in [0.2, 0.25) is 11.8 Å². The highest BCUT2D eigenvalue weighted by molar-refractivity contribution is 5.84. The van der Waals surface area contributed by atoms with Crippen LogP contribution in [0.15, 0.2) is 24.3 Å². The van der Waals surface area contributed by atoms with Gasteiger partial charge in [-0.3, -0.25) is 9.59 Å². The summed E-state index contributed by atoms with van der Waals surface area (Å²) >= 11 is 0. The van der Waals surface area contributed by atoms with Crippen molar-refractivity contribution in [1.29, 1.82) is 0 Å². The summed E-state index contributed by atoms with van der Waals surface area (Å²) in [6, 6.07) is 6.67. The van der Waals surface area contributed by atoms with Crippen molar-refractivity contribution in [3.05, 3.63) is 35.6 Å². The minimum atomic E-state index is -0.277. The molecule has 1 unspecified atom stereocenters. The molecule has 0 aromatic heterocycles. The smallest absolute Gasteiger partial charge is 0.228 e. The van der Waals surface area contributed by atoms with Crippen LogP contribution in [0.25, 0.3) is 0 Å². The fourth-order valence-electron chi connectivity index (χ4n) is 2.78. The molecular weight excluding hydrogens is 271 g/mol. The summed E-state index contributed by atoms with van der Waals surface area (Å²) in [4.78, 5) is 25.7. The van der Waals surface area contributed by atoms with Crippen LogP contribution in [0.2, 0.25) is 0 Å². The molecule has 1 aromatic rings. The van der Waals surface area contributed by atoms with E-state index in [4.69, 9.17) is 0 Å². The average Bonchev–Trinajstić information content (AvgIpc) is 3.29. The van der Waals surface area contributed by atoms with Gasteiger partial charge in [0.25, 0.3) is 0 Å². The third-order valence-corrected chi connectivity index (χ3v) is 4.13. The number of nitrogens with zero attached hydrogens (tertiary/aromatic N) is 1. The second-order valence-corrected chi connectivity index (χ2v) is 5.87. The van der Waals surface area contributed by atoms with Crippen LogP contribution in [0.1, 0.15) is 31.2 Å². The maximum atomic E-state index is 13.3. The summed E-state index contributed by atoms with van der Waals surface area (Å²) in [5, 5.41) is 2.75. The zero-order valence-corrected chi connectivity index (χ0v) is 11.8. The first-order valence-corrected chi connectivity index (χ1v) is 7.45. The lowest BCUT2D eigenvalue weighted by molar-refractivity contribution is -0.138. The molecule has 1 aliphatic carbocycles. The highest BCUT2D eigenvalue weighted by Gasteiger charge is 2.36. The fraction of sp³-hybridized carbons (Fsp3) is 0.500. The van der Waals surface area contributed by atoms with Crippen LogP contribution < -0.4 is 5.32 Å². The second-order valence-electron chi connectivity index (χ2n) is 5.87. The first-order valence-electron chi connectivity index (χ1n) is 7.45. The highest BCUT2D eigenvalue weighted by atomic mass is 19.1. The normalized spacial score (nSPS) is 21.8. The van der Waals surface area contributed by atoms with Gasteiger partial charge in [-0.2, -0.15) is 0 Å². The molecule has 2 aliphatic rings. The summed E-state index contributed by atoms with van der Waals surface area (Å²) in [7, 11) is 0. The van der Waals surface area contributed by atoms with E-state index in [2.05, 4.69) is 5.32 Å². The predicted molar refractivity (Wildman–Crippen MR) is 75.7 cm³/mol. The minimum Gasteiger partial charge on any atom is -0.355 e. The molecule has 1 atom stereocenters. The second kappa shape index (κ2) is 5.84. The monoisotopic (exact) mass is 290 g/mol. The Kier molecular flexibility index (Phi) is 3.90. The molecule has 2 amide bonds. The SMILES string of the molecule is O=C1CCC(C(=O)N(Cc2cccc(F)c2)C2CC2)CN1. The Bertz CT molecular complexity index is 547. The van der Waals surface area contributed by atoms with Gasteiger partial charge in [0.1, 0.15) is 5.82 Å². The Labute approximate surface area is 123 Å². The molecule has 0 bridgehead atoms. The zero-order valence-electron chi connectivity index (χ0n) is 11.8. The van der Waals surface area contributed by atoms with Crippen molar-refractivity contribution >= 4 is 11.8 Å². The zero-order chi connectivity index (χ0) is 14.8. The molecule has 1 N–H and O–H groups in total. The number of hydrogen-bond acceptors (Lipinski definition) is 2. The number of benzene rings is 1.